The Kier molecular flexibility index (Phi) is 9.27. The zero-order valence-electron chi connectivity index (χ0n) is 27.3. The average molecular weight is 679 g/mol. The van der Waals surface area contributed by atoms with E-state index < -0.39 is 29.4 Å². The summed E-state index contributed by atoms with van der Waals surface area (Å²) in [6.07, 6.45) is 5.94. The minimum atomic E-state index is -0.993. The number of nitriles is 1. The van der Waals surface area contributed by atoms with E-state index >= 15 is 8.78 Å². The lowest BCUT2D eigenvalue weighted by Crippen LogP contribution is -2.55. The van der Waals surface area contributed by atoms with Gasteiger partial charge in [0.1, 0.15) is 29.5 Å². The maximum atomic E-state index is 16.7. The van der Waals surface area contributed by atoms with Gasteiger partial charge in [-0.1, -0.05) is 30.3 Å². The van der Waals surface area contributed by atoms with Crippen molar-refractivity contribution in [2.24, 2.45) is 0 Å². The van der Waals surface area contributed by atoms with Crippen LogP contribution < -0.4 is 9.64 Å². The van der Waals surface area contributed by atoms with Gasteiger partial charge in [-0.2, -0.15) is 15.2 Å². The number of halogens is 3. The Bertz CT molecular complexity index is 2140. The number of fused-ring (bicyclic) bond motifs is 2. The molecule has 0 N–H and O–H groups in total. The van der Waals surface area contributed by atoms with Crippen molar-refractivity contribution in [3.63, 3.8) is 0 Å². The number of ether oxygens (including phenoxy) is 1. The number of carbonyl (C=O) groups is 1. The topological polar surface area (TPSA) is 111 Å². The molecule has 7 rings (SSSR count). The Morgan fingerprint density at radius 1 is 1.04 bits per heavy atom. The van der Waals surface area contributed by atoms with Crippen LogP contribution in [-0.2, 0) is 4.79 Å². The second-order valence-corrected chi connectivity index (χ2v) is 12.5. The number of likely N-dealkylation sites (N-methyl/N-ethyl adjacent to an activating group) is 1. The minimum absolute atomic E-state index is 0.00670. The van der Waals surface area contributed by atoms with Crippen molar-refractivity contribution < 1.29 is 22.7 Å². The van der Waals surface area contributed by atoms with Crippen LogP contribution in [0.1, 0.15) is 25.0 Å². The van der Waals surface area contributed by atoms with Gasteiger partial charge in [0, 0.05) is 49.7 Å². The Morgan fingerprint density at radius 3 is 2.70 bits per heavy atom. The van der Waals surface area contributed by atoms with Gasteiger partial charge in [0.25, 0.3) is 5.91 Å². The number of pyridine rings is 2. The summed E-state index contributed by atoms with van der Waals surface area (Å²) in [5.41, 5.74) is 0.648. The van der Waals surface area contributed by atoms with E-state index in [2.05, 4.69) is 25.9 Å². The Labute approximate surface area is 286 Å². The molecule has 2 fully saturated rings. The molecule has 0 radical (unpaired) electrons. The predicted octanol–water partition coefficient (Wildman–Crippen LogP) is 5.93. The van der Waals surface area contributed by atoms with Crippen LogP contribution in [0.3, 0.4) is 0 Å². The highest BCUT2D eigenvalue weighted by molar-refractivity contribution is 5.99. The second-order valence-electron chi connectivity index (χ2n) is 12.5. The fraction of sp³-hybridized carbons (Fsp3) is 0.297. The molecule has 2 aliphatic heterocycles. The smallest absolute Gasteiger partial charge is 0.319 e. The van der Waals surface area contributed by atoms with Gasteiger partial charge in [0.2, 0.25) is 0 Å². The number of amides is 1. The maximum Gasteiger partial charge on any atom is 0.319 e. The van der Waals surface area contributed by atoms with Gasteiger partial charge in [0.15, 0.2) is 11.6 Å². The SMILES string of the molecule is CN1CCCC1COc1nc(N2CCN(C(=O)/C(F)=C/c3ccccn3)C(CC#N)C2)c2cnc(-c3cccc4ccc(F)cc34)c(F)c2n1. The van der Waals surface area contributed by atoms with Gasteiger partial charge < -0.3 is 19.4 Å². The van der Waals surface area contributed by atoms with Crippen molar-refractivity contribution in [2.45, 2.75) is 31.3 Å². The molecular formula is C37H33F3N8O2. The van der Waals surface area contributed by atoms with Crippen LogP contribution in [0, 0.1) is 23.0 Å². The summed E-state index contributed by atoms with van der Waals surface area (Å²) in [6.45, 7) is 1.62. The molecule has 2 aliphatic rings. The van der Waals surface area contributed by atoms with Gasteiger partial charge in [0.05, 0.1) is 29.6 Å². The number of benzene rings is 2. The van der Waals surface area contributed by atoms with E-state index in [1.807, 2.05) is 18.0 Å². The van der Waals surface area contributed by atoms with Gasteiger partial charge >= 0.3 is 6.01 Å². The van der Waals surface area contributed by atoms with E-state index in [1.165, 1.54) is 29.4 Å². The lowest BCUT2D eigenvalue weighted by atomic mass is 10.0. The number of hydrogen-bond acceptors (Lipinski definition) is 9. The van der Waals surface area contributed by atoms with Gasteiger partial charge in [-0.25, -0.2) is 13.2 Å². The molecule has 1 amide bonds. The van der Waals surface area contributed by atoms with Crippen LogP contribution >= 0.6 is 0 Å². The maximum absolute atomic E-state index is 16.7. The third-order valence-electron chi connectivity index (χ3n) is 9.36. The zero-order valence-corrected chi connectivity index (χ0v) is 27.3. The largest absolute Gasteiger partial charge is 0.462 e. The van der Waals surface area contributed by atoms with Crippen molar-refractivity contribution in [1.82, 2.24) is 29.7 Å². The number of hydrogen-bond donors (Lipinski definition) is 0. The molecule has 5 heterocycles. The molecule has 50 heavy (non-hydrogen) atoms. The van der Waals surface area contributed by atoms with Crippen LogP contribution in [0.25, 0.3) is 39.0 Å². The monoisotopic (exact) mass is 678 g/mol. The molecule has 0 spiro atoms. The molecule has 10 nitrogen and oxygen atoms in total. The molecule has 5 aromatic rings. The first-order valence-corrected chi connectivity index (χ1v) is 16.4. The summed E-state index contributed by atoms with van der Waals surface area (Å²) in [7, 11) is 2.02. The van der Waals surface area contributed by atoms with Crippen molar-refractivity contribution in [1.29, 1.82) is 5.26 Å². The van der Waals surface area contributed by atoms with E-state index in [0.717, 1.165) is 30.8 Å². The highest BCUT2D eigenvalue weighted by Gasteiger charge is 2.34. The summed E-state index contributed by atoms with van der Waals surface area (Å²) < 4.78 is 52.2. The second kappa shape index (κ2) is 14.1. The number of anilines is 1. The first-order valence-electron chi connectivity index (χ1n) is 16.4. The van der Waals surface area contributed by atoms with E-state index in [1.54, 1.807) is 36.4 Å². The van der Waals surface area contributed by atoms with Crippen LogP contribution in [0.2, 0.25) is 0 Å². The average Bonchev–Trinajstić information content (AvgIpc) is 3.55. The van der Waals surface area contributed by atoms with Crippen molar-refractivity contribution in [3.05, 3.63) is 90.1 Å². The van der Waals surface area contributed by atoms with E-state index in [-0.39, 0.29) is 49.3 Å². The summed E-state index contributed by atoms with van der Waals surface area (Å²) in [5, 5.41) is 11.2. The van der Waals surface area contributed by atoms with E-state index in [0.29, 0.717) is 34.5 Å². The quantitative estimate of drug-likeness (QED) is 0.184. The molecule has 2 atom stereocenters. The minimum Gasteiger partial charge on any atom is -0.462 e. The molecule has 0 aliphatic carbocycles. The number of likely N-dealkylation sites (tertiary alicyclic amines) is 1. The number of nitrogens with zero attached hydrogens (tertiary/aromatic N) is 8. The van der Waals surface area contributed by atoms with Crippen molar-refractivity contribution in [2.75, 3.05) is 44.7 Å². The van der Waals surface area contributed by atoms with E-state index in [9.17, 15) is 14.4 Å². The predicted molar refractivity (Wildman–Crippen MR) is 183 cm³/mol. The third kappa shape index (κ3) is 6.54. The highest BCUT2D eigenvalue weighted by Crippen LogP contribution is 2.36. The van der Waals surface area contributed by atoms with Crippen LogP contribution in [0.5, 0.6) is 6.01 Å². The Balaban J connectivity index is 1.26. The first kappa shape index (κ1) is 32.9. The number of aromatic nitrogens is 4. The normalized spacial score (nSPS) is 18.5. The molecule has 2 unspecified atom stereocenters. The number of piperazine rings is 1. The molecule has 13 heteroatoms. The molecule has 254 valence electrons. The fourth-order valence-electron chi connectivity index (χ4n) is 6.71. The molecular weight excluding hydrogens is 645 g/mol. The Hall–Kier alpha value is -5.61. The molecule has 3 aromatic heterocycles. The van der Waals surface area contributed by atoms with Crippen molar-refractivity contribution in [3.8, 4) is 23.3 Å². The van der Waals surface area contributed by atoms with Crippen molar-refractivity contribution >= 4 is 39.5 Å². The lowest BCUT2D eigenvalue weighted by Gasteiger charge is -2.41. The standard InChI is InChI=1S/C37H33F3N8O2/c1-46-15-5-8-27(46)22-50-37-44-34-30(20-43-33(32(34)40)28-9-4-6-23-10-11-24(38)18-29(23)28)35(45-37)47-16-17-48(26(21-47)12-13-41)36(49)31(39)19-25-7-2-3-14-42-25/h2-4,6-7,9-11,14,18-20,26-27H,5,8,12,15-17,21-22H2,1H3/b31-19-. The third-order valence-corrected chi connectivity index (χ3v) is 9.36. The summed E-state index contributed by atoms with van der Waals surface area (Å²) in [5.74, 6) is -2.72. The van der Waals surface area contributed by atoms with Gasteiger partial charge in [-0.15, -0.1) is 0 Å². The number of rotatable bonds is 8. The molecule has 0 bridgehead atoms. The molecule has 0 saturated carbocycles. The van der Waals surface area contributed by atoms with E-state index in [4.69, 9.17) is 9.72 Å². The molecule has 2 aromatic carbocycles. The van der Waals surface area contributed by atoms with Gasteiger partial charge in [-0.3, -0.25) is 14.8 Å². The number of carbonyl (C=O) groups excluding carboxylic acids is 1. The van der Waals surface area contributed by atoms with Crippen LogP contribution in [0.4, 0.5) is 19.0 Å². The lowest BCUT2D eigenvalue weighted by molar-refractivity contribution is -0.131. The van der Waals surface area contributed by atoms with Gasteiger partial charge in [-0.05, 0) is 61.5 Å². The molecule has 2 saturated heterocycles. The zero-order chi connectivity index (χ0) is 34.8. The fourth-order valence-corrected chi connectivity index (χ4v) is 6.71. The Morgan fingerprint density at radius 2 is 1.92 bits per heavy atom. The van der Waals surface area contributed by atoms with Crippen LogP contribution in [0.15, 0.2) is 72.8 Å². The summed E-state index contributed by atoms with van der Waals surface area (Å²) in [6, 6.07) is 16.0. The summed E-state index contributed by atoms with van der Waals surface area (Å²) in [4.78, 5) is 36.4. The van der Waals surface area contributed by atoms with Crippen LogP contribution in [-0.4, -0.2) is 87.6 Å². The highest BCUT2D eigenvalue weighted by atomic mass is 19.1. The summed E-state index contributed by atoms with van der Waals surface area (Å²) >= 11 is 0. The first-order chi connectivity index (χ1) is 24.3.